The minimum atomic E-state index is 0. The van der Waals surface area contributed by atoms with E-state index in [2.05, 4.69) is 29.4 Å². The van der Waals surface area contributed by atoms with E-state index in [1.165, 1.54) is 36.9 Å². The number of fused-ring (bicyclic) bond motifs is 1. The average molecular weight is 252 g/mol. The van der Waals surface area contributed by atoms with Gasteiger partial charge < -0.3 is 5.32 Å². The van der Waals surface area contributed by atoms with Gasteiger partial charge in [0.25, 0.3) is 0 Å². The van der Waals surface area contributed by atoms with Gasteiger partial charge in [0.1, 0.15) is 5.82 Å². The lowest BCUT2D eigenvalue weighted by Gasteiger charge is -2.17. The summed E-state index contributed by atoms with van der Waals surface area (Å²) in [5, 5.41) is 3.37. The fourth-order valence-corrected chi connectivity index (χ4v) is 1.87. The molecule has 0 aromatic carbocycles. The lowest BCUT2D eigenvalue weighted by Crippen LogP contribution is -2.13. The largest absolute Gasteiger partial charge is 0.370 e. The van der Waals surface area contributed by atoms with Crippen LogP contribution in [-0.2, 0) is 12.8 Å². The van der Waals surface area contributed by atoms with Crippen LogP contribution in [0.5, 0.6) is 0 Å². The summed E-state index contributed by atoms with van der Waals surface area (Å²) in [6, 6.07) is 4.42. The highest BCUT2D eigenvalue weighted by molar-refractivity contribution is 5.46. The van der Waals surface area contributed by atoms with E-state index >= 15 is 0 Å². The number of nitrogens with one attached hydrogen (secondary N) is 1. The number of rotatable bonds is 3. The molecule has 2 heteroatoms. The van der Waals surface area contributed by atoms with Crippen molar-refractivity contribution in [2.75, 3.05) is 11.9 Å². The Bertz CT molecular complexity index is 314. The number of anilines is 1. The van der Waals surface area contributed by atoms with Gasteiger partial charge in [-0.2, -0.15) is 0 Å². The summed E-state index contributed by atoms with van der Waals surface area (Å²) in [6.07, 6.45) is 6.02. The Balaban J connectivity index is 0. The zero-order chi connectivity index (χ0) is 13.8. The summed E-state index contributed by atoms with van der Waals surface area (Å²) in [4.78, 5) is 4.64. The van der Waals surface area contributed by atoms with Crippen molar-refractivity contribution in [3.8, 4) is 0 Å². The summed E-state index contributed by atoms with van der Waals surface area (Å²) < 4.78 is 0. The average Bonchev–Trinajstić information content (AvgIpc) is 2.49. The van der Waals surface area contributed by atoms with Crippen LogP contribution in [0.4, 0.5) is 5.82 Å². The summed E-state index contributed by atoms with van der Waals surface area (Å²) in [5.41, 5.74) is 2.62. The lowest BCUT2D eigenvalue weighted by atomic mass is 10.1. The molecule has 0 saturated heterocycles. The zero-order valence-electron chi connectivity index (χ0n) is 12.8. The van der Waals surface area contributed by atoms with E-state index in [0.29, 0.717) is 0 Å². The van der Waals surface area contributed by atoms with E-state index in [9.17, 15) is 0 Å². The first kappa shape index (κ1) is 16.9. The maximum absolute atomic E-state index is 4.64. The molecule has 0 bridgehead atoms. The van der Waals surface area contributed by atoms with Crippen LogP contribution in [0.15, 0.2) is 12.1 Å². The summed E-state index contributed by atoms with van der Waals surface area (Å²) in [5.74, 6) is 1.13. The van der Waals surface area contributed by atoms with Crippen LogP contribution < -0.4 is 5.32 Å². The molecule has 0 unspecified atom stereocenters. The number of aryl methyl sites for hydroxylation is 2. The third-order valence-electron chi connectivity index (χ3n) is 2.74. The van der Waals surface area contributed by atoms with Crippen molar-refractivity contribution < 1.29 is 1.43 Å². The normalized spacial score (nSPS) is 12.1. The molecular formula is C16H32N2. The molecule has 0 fully saturated rings. The molecule has 1 aliphatic rings. The number of hydrogen-bond donors (Lipinski definition) is 1. The van der Waals surface area contributed by atoms with Crippen molar-refractivity contribution >= 4 is 5.82 Å². The molecule has 106 valence electrons. The van der Waals surface area contributed by atoms with Gasteiger partial charge in [-0.25, -0.2) is 4.98 Å². The summed E-state index contributed by atoms with van der Waals surface area (Å²) in [7, 11) is 0. The Morgan fingerprint density at radius 3 is 2.61 bits per heavy atom. The minimum Gasteiger partial charge on any atom is -0.370 e. The topological polar surface area (TPSA) is 24.9 Å². The van der Waals surface area contributed by atoms with Crippen molar-refractivity contribution in [1.82, 2.24) is 4.98 Å². The van der Waals surface area contributed by atoms with Gasteiger partial charge in [0.05, 0.1) is 0 Å². The molecule has 2 nitrogen and oxygen atoms in total. The van der Waals surface area contributed by atoms with Crippen molar-refractivity contribution in [2.45, 2.75) is 66.7 Å². The third-order valence-corrected chi connectivity index (χ3v) is 2.74. The van der Waals surface area contributed by atoms with E-state index in [4.69, 9.17) is 0 Å². The molecule has 1 aliphatic heterocycles. The Morgan fingerprint density at radius 1 is 1.22 bits per heavy atom. The monoisotopic (exact) mass is 252 g/mol. The van der Waals surface area contributed by atoms with E-state index in [0.717, 1.165) is 18.8 Å². The maximum Gasteiger partial charge on any atom is 0.129 e. The highest BCUT2D eigenvalue weighted by Crippen LogP contribution is 2.20. The van der Waals surface area contributed by atoms with Gasteiger partial charge in [-0.05, 0) is 37.3 Å². The van der Waals surface area contributed by atoms with Crippen LogP contribution >= 0.6 is 0 Å². The molecule has 1 N–H and O–H groups in total. The maximum atomic E-state index is 4.64. The standard InChI is InChI=1S/C12H18N2.2C2H6.H2/c1-2-3-6-11-8-7-10-5-4-9-13-12(10)14-11;2*1-2;/h7-8H,2-6,9H2,1H3,(H,13,14);2*1-2H3;1H. The quantitative estimate of drug-likeness (QED) is 0.811. The zero-order valence-corrected chi connectivity index (χ0v) is 12.8. The minimum absolute atomic E-state index is 0. The molecule has 0 saturated carbocycles. The second-order valence-electron chi connectivity index (χ2n) is 3.94. The second-order valence-corrected chi connectivity index (χ2v) is 3.94. The molecule has 0 atom stereocenters. The number of unbranched alkanes of at least 4 members (excludes halogenated alkanes) is 1. The van der Waals surface area contributed by atoms with E-state index < -0.39 is 0 Å². The van der Waals surface area contributed by atoms with Gasteiger partial charge >= 0.3 is 0 Å². The molecule has 18 heavy (non-hydrogen) atoms. The van der Waals surface area contributed by atoms with Crippen molar-refractivity contribution in [1.29, 1.82) is 0 Å². The highest BCUT2D eigenvalue weighted by Gasteiger charge is 2.09. The number of aromatic nitrogens is 1. The first-order valence-corrected chi connectivity index (χ1v) is 7.63. The van der Waals surface area contributed by atoms with Crippen molar-refractivity contribution in [3.05, 3.63) is 23.4 Å². The molecule has 0 amide bonds. The van der Waals surface area contributed by atoms with Gasteiger partial charge in [0.2, 0.25) is 0 Å². The van der Waals surface area contributed by atoms with Crippen LogP contribution in [0, 0.1) is 0 Å². The Hall–Kier alpha value is -1.05. The van der Waals surface area contributed by atoms with Crippen LogP contribution in [-0.4, -0.2) is 11.5 Å². The van der Waals surface area contributed by atoms with Crippen LogP contribution in [0.3, 0.4) is 0 Å². The first-order valence-electron chi connectivity index (χ1n) is 7.63. The van der Waals surface area contributed by atoms with Crippen LogP contribution in [0.1, 0.15) is 66.6 Å². The molecular weight excluding hydrogens is 220 g/mol. The van der Waals surface area contributed by atoms with Gasteiger partial charge in [0.15, 0.2) is 0 Å². The van der Waals surface area contributed by atoms with E-state index in [1.54, 1.807) is 0 Å². The number of pyridine rings is 1. The van der Waals surface area contributed by atoms with E-state index in [1.807, 2.05) is 27.7 Å². The summed E-state index contributed by atoms with van der Waals surface area (Å²) in [6.45, 7) is 11.3. The molecule has 0 radical (unpaired) electrons. The molecule has 2 rings (SSSR count). The van der Waals surface area contributed by atoms with Crippen molar-refractivity contribution in [3.63, 3.8) is 0 Å². The molecule has 2 heterocycles. The summed E-state index contributed by atoms with van der Waals surface area (Å²) >= 11 is 0. The molecule has 0 aliphatic carbocycles. The van der Waals surface area contributed by atoms with Crippen LogP contribution in [0.2, 0.25) is 0 Å². The van der Waals surface area contributed by atoms with Gasteiger partial charge in [-0.15, -0.1) is 0 Å². The van der Waals surface area contributed by atoms with E-state index in [-0.39, 0.29) is 1.43 Å². The smallest absolute Gasteiger partial charge is 0.129 e. The molecule has 1 aromatic heterocycles. The van der Waals surface area contributed by atoms with Gasteiger partial charge in [-0.1, -0.05) is 47.1 Å². The fourth-order valence-electron chi connectivity index (χ4n) is 1.87. The van der Waals surface area contributed by atoms with Gasteiger partial charge in [0, 0.05) is 13.7 Å². The molecule has 0 spiro atoms. The predicted molar refractivity (Wildman–Crippen MR) is 84.5 cm³/mol. The Morgan fingerprint density at radius 2 is 1.94 bits per heavy atom. The third kappa shape index (κ3) is 5.52. The van der Waals surface area contributed by atoms with Crippen LogP contribution in [0.25, 0.3) is 0 Å². The first-order chi connectivity index (χ1) is 8.90. The predicted octanol–water partition coefficient (Wildman–Crippen LogP) is 5.08. The van der Waals surface area contributed by atoms with Crippen molar-refractivity contribution in [2.24, 2.45) is 0 Å². The highest BCUT2D eigenvalue weighted by atomic mass is 15.0. The second kappa shape index (κ2) is 11.1. The van der Waals surface area contributed by atoms with Gasteiger partial charge in [-0.3, -0.25) is 0 Å². The molecule has 1 aromatic rings. The number of hydrogen-bond acceptors (Lipinski definition) is 2. The SMILES string of the molecule is CC.CC.CCCCc1ccc2c(n1)NCCC2.[HH]. The fraction of sp³-hybridized carbons (Fsp3) is 0.688. The Kier molecular flexibility index (Phi) is 10.4. The lowest BCUT2D eigenvalue weighted by molar-refractivity contribution is 0.764. The number of nitrogens with zero attached hydrogens (tertiary/aromatic N) is 1. The Labute approximate surface area is 115 Å².